The molecule has 3 heteroatoms. The fourth-order valence-electron chi connectivity index (χ4n) is 6.37. The van der Waals surface area contributed by atoms with E-state index in [1.807, 2.05) is 7.05 Å². The van der Waals surface area contributed by atoms with Crippen LogP contribution in [0, 0.1) is 0 Å². The van der Waals surface area contributed by atoms with Crippen LogP contribution >= 0.6 is 7.92 Å². The molecule has 2 unspecified atom stereocenters. The summed E-state index contributed by atoms with van der Waals surface area (Å²) in [4.78, 5) is 4.75. The van der Waals surface area contributed by atoms with Crippen molar-refractivity contribution in [1.29, 1.82) is 0 Å². The fourth-order valence-corrected chi connectivity index (χ4v) is 9.66. The summed E-state index contributed by atoms with van der Waals surface area (Å²) in [5, 5.41) is 0. The van der Waals surface area contributed by atoms with Crippen LogP contribution in [0.15, 0.2) is 28.8 Å². The predicted octanol–water partition coefficient (Wildman–Crippen LogP) is 11.3. The van der Waals surface area contributed by atoms with Crippen LogP contribution < -0.4 is 0 Å². The Morgan fingerprint density at radius 2 is 1.36 bits per heavy atom. The molecule has 1 aliphatic rings. The SMILES string of the molecule is C=C(C1=CCC[N+](C)(C(CCCCCCCCC)CP(CCCC)CCCC)C1)C(CCCCCCC)=NC. The number of nitrogens with zero attached hydrogens (tertiary/aromatic N) is 2. The maximum absolute atomic E-state index is 4.75. The average Bonchev–Trinajstić information content (AvgIpc) is 2.94. The van der Waals surface area contributed by atoms with Gasteiger partial charge in [-0.1, -0.05) is 117 Å². The molecule has 1 rings (SSSR count). The second kappa shape index (κ2) is 23.1. The van der Waals surface area contributed by atoms with E-state index in [0.29, 0.717) is 0 Å². The second-order valence-corrected chi connectivity index (χ2v) is 15.4. The Morgan fingerprint density at radius 1 is 0.821 bits per heavy atom. The van der Waals surface area contributed by atoms with Crippen LogP contribution in [-0.2, 0) is 0 Å². The van der Waals surface area contributed by atoms with Gasteiger partial charge >= 0.3 is 0 Å². The van der Waals surface area contributed by atoms with Crippen LogP contribution in [-0.4, -0.2) is 61.9 Å². The van der Waals surface area contributed by atoms with E-state index in [2.05, 4.69) is 47.4 Å². The van der Waals surface area contributed by atoms with E-state index in [4.69, 9.17) is 4.99 Å². The lowest BCUT2D eigenvalue weighted by atomic mass is 9.92. The third kappa shape index (κ3) is 15.4. The molecular formula is C36H70N2P+. The minimum atomic E-state index is 0.159. The van der Waals surface area contributed by atoms with Gasteiger partial charge in [-0.3, -0.25) is 4.99 Å². The highest BCUT2D eigenvalue weighted by atomic mass is 31.1. The Morgan fingerprint density at radius 3 is 1.92 bits per heavy atom. The van der Waals surface area contributed by atoms with Gasteiger partial charge in [0.05, 0.1) is 19.6 Å². The molecule has 1 heterocycles. The Kier molecular flexibility index (Phi) is 21.7. The molecule has 2 nitrogen and oxygen atoms in total. The van der Waals surface area contributed by atoms with E-state index < -0.39 is 0 Å². The van der Waals surface area contributed by atoms with Crippen LogP contribution in [0.5, 0.6) is 0 Å². The van der Waals surface area contributed by atoms with Crippen LogP contribution in [0.1, 0.15) is 150 Å². The molecule has 228 valence electrons. The van der Waals surface area contributed by atoms with Gasteiger partial charge in [-0.2, -0.15) is 0 Å². The van der Waals surface area contributed by atoms with Crippen molar-refractivity contribution >= 4 is 13.6 Å². The summed E-state index contributed by atoms with van der Waals surface area (Å²) in [7, 11) is 4.75. The number of hydrogen-bond donors (Lipinski definition) is 0. The lowest BCUT2D eigenvalue weighted by Crippen LogP contribution is -2.56. The van der Waals surface area contributed by atoms with Crippen molar-refractivity contribution in [3.63, 3.8) is 0 Å². The average molecular weight is 562 g/mol. The highest BCUT2D eigenvalue weighted by Crippen LogP contribution is 2.42. The topological polar surface area (TPSA) is 12.4 Å². The van der Waals surface area contributed by atoms with Gasteiger partial charge in [-0.15, -0.1) is 7.92 Å². The first-order valence-corrected chi connectivity index (χ1v) is 19.3. The first-order chi connectivity index (χ1) is 18.9. The maximum Gasteiger partial charge on any atom is 0.105 e. The molecule has 0 radical (unpaired) electrons. The van der Waals surface area contributed by atoms with Crippen LogP contribution in [0.2, 0.25) is 0 Å². The molecule has 0 aliphatic carbocycles. The summed E-state index contributed by atoms with van der Waals surface area (Å²) in [6, 6.07) is 0.813. The largest absolute Gasteiger partial charge is 0.319 e. The van der Waals surface area contributed by atoms with Gasteiger partial charge in [0, 0.05) is 30.9 Å². The molecule has 0 N–H and O–H groups in total. The van der Waals surface area contributed by atoms with Gasteiger partial charge in [0.2, 0.25) is 0 Å². The van der Waals surface area contributed by atoms with Crippen molar-refractivity contribution < 1.29 is 4.48 Å². The summed E-state index contributed by atoms with van der Waals surface area (Å²) >= 11 is 0. The van der Waals surface area contributed by atoms with Crippen LogP contribution in [0.4, 0.5) is 0 Å². The number of likely N-dealkylation sites (N-methyl/N-ethyl adjacent to an activating group) is 1. The standard InChI is InChI=1S/C36H70N2P/c1-8-12-16-18-19-21-22-26-35(32-39(29-14-10-3)30-15-11-4)38(7)28-24-25-34(31-38)33(5)36(37-6)27-23-20-17-13-9-2/h25,35H,5,8-24,26-32H2,1-4,6-7H3/q+1. The first-order valence-electron chi connectivity index (χ1n) is 17.4. The molecule has 0 saturated carbocycles. The molecule has 0 amide bonds. The highest BCUT2D eigenvalue weighted by molar-refractivity contribution is 7.57. The van der Waals surface area contributed by atoms with Gasteiger partial charge in [-0.05, 0) is 56.4 Å². The minimum Gasteiger partial charge on any atom is -0.319 e. The predicted molar refractivity (Wildman–Crippen MR) is 182 cm³/mol. The molecule has 0 bridgehead atoms. The van der Waals surface area contributed by atoms with Crippen LogP contribution in [0.25, 0.3) is 0 Å². The number of rotatable bonds is 25. The van der Waals surface area contributed by atoms with Crippen molar-refractivity contribution in [3.05, 3.63) is 23.8 Å². The number of aliphatic imine (C=N–C) groups is 1. The molecule has 0 spiro atoms. The molecule has 0 fully saturated rings. The lowest BCUT2D eigenvalue weighted by Gasteiger charge is -2.46. The Hall–Kier alpha value is -0.460. The third-order valence-electron chi connectivity index (χ3n) is 9.23. The summed E-state index contributed by atoms with van der Waals surface area (Å²) < 4.78 is 1.24. The van der Waals surface area contributed by atoms with Gasteiger partial charge in [-0.25, -0.2) is 0 Å². The molecule has 0 aromatic heterocycles. The quantitative estimate of drug-likeness (QED) is 0.0455. The second-order valence-electron chi connectivity index (χ2n) is 12.8. The zero-order valence-electron chi connectivity index (χ0n) is 27.7. The van der Waals surface area contributed by atoms with Crippen LogP contribution in [0.3, 0.4) is 0 Å². The number of quaternary nitrogens is 1. The van der Waals surface area contributed by atoms with E-state index in [1.54, 1.807) is 0 Å². The molecule has 1 aliphatic heterocycles. The first kappa shape index (κ1) is 36.6. The van der Waals surface area contributed by atoms with Gasteiger partial charge in [0.15, 0.2) is 0 Å². The van der Waals surface area contributed by atoms with Gasteiger partial charge in [0.1, 0.15) is 6.54 Å². The number of hydrogen-bond acceptors (Lipinski definition) is 1. The van der Waals surface area contributed by atoms with Crippen molar-refractivity contribution in [2.75, 3.05) is 45.7 Å². The monoisotopic (exact) mass is 562 g/mol. The smallest absolute Gasteiger partial charge is 0.105 e. The van der Waals surface area contributed by atoms with E-state index in [9.17, 15) is 0 Å². The van der Waals surface area contributed by atoms with E-state index >= 15 is 0 Å². The van der Waals surface area contributed by atoms with E-state index in [0.717, 1.165) is 12.5 Å². The summed E-state index contributed by atoms with van der Waals surface area (Å²) in [5.74, 6) is 0. The molecule has 0 aromatic carbocycles. The fraction of sp³-hybridized carbons (Fsp3) is 0.861. The van der Waals surface area contributed by atoms with Gasteiger partial charge in [0.25, 0.3) is 0 Å². The highest BCUT2D eigenvalue weighted by Gasteiger charge is 2.37. The lowest BCUT2D eigenvalue weighted by molar-refractivity contribution is -0.928. The molecule has 0 saturated heterocycles. The van der Waals surface area contributed by atoms with E-state index in [1.165, 1.54) is 168 Å². The summed E-state index contributed by atoms with van der Waals surface area (Å²) in [6.07, 6.45) is 32.8. The van der Waals surface area contributed by atoms with Crippen molar-refractivity contribution in [2.45, 2.75) is 156 Å². The van der Waals surface area contributed by atoms with Crippen molar-refractivity contribution in [2.24, 2.45) is 4.99 Å². The third-order valence-corrected chi connectivity index (χ3v) is 12.1. The van der Waals surface area contributed by atoms with E-state index in [-0.39, 0.29) is 7.92 Å². The molecular weight excluding hydrogens is 491 g/mol. The Bertz CT molecular complexity index is 674. The minimum absolute atomic E-state index is 0.159. The van der Waals surface area contributed by atoms with Gasteiger partial charge < -0.3 is 4.48 Å². The van der Waals surface area contributed by atoms with Crippen molar-refractivity contribution in [1.82, 2.24) is 0 Å². The normalized spacial score (nSPS) is 18.9. The molecule has 39 heavy (non-hydrogen) atoms. The number of unbranched alkanes of at least 4 members (excludes halogenated alkanes) is 12. The Balaban J connectivity index is 2.92. The zero-order valence-corrected chi connectivity index (χ0v) is 28.6. The summed E-state index contributed by atoms with van der Waals surface area (Å²) in [5.41, 5.74) is 4.03. The maximum atomic E-state index is 4.75. The summed E-state index contributed by atoms with van der Waals surface area (Å²) in [6.45, 7) is 16.5. The van der Waals surface area contributed by atoms with Crippen molar-refractivity contribution in [3.8, 4) is 0 Å². The Labute approximate surface area is 247 Å². The molecule has 2 atom stereocenters. The zero-order chi connectivity index (χ0) is 28.8. The molecule has 0 aromatic rings.